The Morgan fingerprint density at radius 2 is 0.545 bits per heavy atom. The molecule has 0 bridgehead atoms. The molecule has 1 aliphatic carbocycles. The highest BCUT2D eigenvalue weighted by Gasteiger charge is 2.24. The second kappa shape index (κ2) is 23.8. The van der Waals surface area contributed by atoms with Crippen molar-refractivity contribution in [3.63, 3.8) is 0 Å². The van der Waals surface area contributed by atoms with Gasteiger partial charge in [0, 0.05) is 67.6 Å². The summed E-state index contributed by atoms with van der Waals surface area (Å²) < 4.78 is 0. The van der Waals surface area contributed by atoms with Crippen LogP contribution in [0.15, 0.2) is 315 Å². The molecule has 0 amide bonds. The van der Waals surface area contributed by atoms with Gasteiger partial charge in [0.2, 0.25) is 0 Å². The maximum Gasteiger partial charge on any atom is 0.0540 e. The lowest BCUT2D eigenvalue weighted by atomic mass is 9.91. The molecular weight excluding hydrogens is 1060 g/mol. The molecule has 88 heavy (non-hydrogen) atoms. The standard InChI is InChI=1S/C84H68N4/c1-58-29-39-70(40-30-58)85(72-47-51-76(52-48-72)87(74-43-33-60(3)34-44-74)82-27-13-17-63-15-6-8-25-80(63)82)78-23-11-20-67(56-78)62(5)66-19-10-21-68(55-66)84(65-37-38-65)69-22-12-24-79(57-69)86(71-41-31-59(2)32-42-71)73-49-53-77(54-50-73)88(75-45-35-61(4)36-46-75)83-28-14-18-64-16-7-9-26-81(64)83/h6-36,39-57H,5,37-38H2,1-4H3. The van der Waals surface area contributed by atoms with Crippen LogP contribution in [0.3, 0.4) is 0 Å². The van der Waals surface area contributed by atoms with E-state index in [1.54, 1.807) is 0 Å². The van der Waals surface area contributed by atoms with Crippen molar-refractivity contribution in [1.82, 2.24) is 0 Å². The van der Waals surface area contributed by atoms with Crippen LogP contribution in [0, 0.1) is 27.7 Å². The largest absolute Gasteiger partial charge is 0.310 e. The Kier molecular flexibility index (Phi) is 14.9. The van der Waals surface area contributed by atoms with Gasteiger partial charge in [0.05, 0.1) is 11.4 Å². The fraction of sp³-hybridized carbons (Fsp3) is 0.0714. The Morgan fingerprint density at radius 1 is 0.261 bits per heavy atom. The molecule has 1 aliphatic rings. The zero-order chi connectivity index (χ0) is 59.7. The van der Waals surface area contributed by atoms with E-state index in [0.29, 0.717) is 0 Å². The van der Waals surface area contributed by atoms with Gasteiger partial charge in [-0.05, 0) is 224 Å². The van der Waals surface area contributed by atoms with E-state index in [2.05, 4.69) is 351 Å². The number of rotatable bonds is 16. The summed E-state index contributed by atoms with van der Waals surface area (Å²) >= 11 is 0. The lowest BCUT2D eigenvalue weighted by molar-refractivity contribution is 1.25. The molecule has 0 heterocycles. The van der Waals surface area contributed by atoms with Crippen LogP contribution in [0.5, 0.6) is 0 Å². The SMILES string of the molecule is C=C(c1cccc(C(=C2CC2)c2cccc(N(c3ccc(C)cc3)c3ccc(N(c4ccc(C)cc4)c4cccc5ccccc45)cc3)c2)c1)c1cccc(N(c2ccc(C)cc2)c2ccc(N(c3ccc(C)cc3)c3cccc4ccccc34)cc2)c1. The second-order valence-corrected chi connectivity index (χ2v) is 23.4. The lowest BCUT2D eigenvalue weighted by Gasteiger charge is -2.29. The molecule has 0 spiro atoms. The van der Waals surface area contributed by atoms with E-state index < -0.39 is 0 Å². The van der Waals surface area contributed by atoms with Gasteiger partial charge in [-0.1, -0.05) is 198 Å². The van der Waals surface area contributed by atoms with Gasteiger partial charge >= 0.3 is 0 Å². The number of fused-ring (bicyclic) bond motifs is 2. The van der Waals surface area contributed by atoms with Gasteiger partial charge in [0.15, 0.2) is 0 Å². The molecule has 424 valence electrons. The van der Waals surface area contributed by atoms with E-state index in [1.165, 1.54) is 66.1 Å². The molecule has 0 atom stereocenters. The van der Waals surface area contributed by atoms with Crippen LogP contribution in [0.2, 0.25) is 0 Å². The zero-order valence-electron chi connectivity index (χ0n) is 50.3. The third-order valence-electron chi connectivity index (χ3n) is 17.1. The fourth-order valence-corrected chi connectivity index (χ4v) is 12.4. The monoisotopic (exact) mass is 1130 g/mol. The van der Waals surface area contributed by atoms with E-state index in [4.69, 9.17) is 6.58 Å². The number of hydrogen-bond donors (Lipinski definition) is 0. The molecule has 0 unspecified atom stereocenters. The summed E-state index contributed by atoms with van der Waals surface area (Å²) in [6, 6.07) is 111. The highest BCUT2D eigenvalue weighted by atomic mass is 15.2. The molecule has 1 saturated carbocycles. The minimum absolute atomic E-state index is 0.969. The summed E-state index contributed by atoms with van der Waals surface area (Å²) in [5, 5.41) is 4.82. The number of nitrogens with zero attached hydrogens (tertiary/aromatic N) is 4. The van der Waals surface area contributed by atoms with Gasteiger partial charge in [-0.15, -0.1) is 0 Å². The van der Waals surface area contributed by atoms with Gasteiger partial charge < -0.3 is 19.6 Å². The van der Waals surface area contributed by atoms with Gasteiger partial charge in [-0.3, -0.25) is 0 Å². The average Bonchev–Trinajstić information content (AvgIpc) is 2.15. The van der Waals surface area contributed by atoms with E-state index in [-0.39, 0.29) is 0 Å². The number of aryl methyl sites for hydroxylation is 4. The average molecular weight is 1130 g/mol. The predicted octanol–water partition coefficient (Wildman–Crippen LogP) is 23.8. The molecule has 0 N–H and O–H groups in total. The number of allylic oxidation sites excluding steroid dienone is 1. The van der Waals surface area contributed by atoms with Crippen molar-refractivity contribution in [2.45, 2.75) is 40.5 Å². The van der Waals surface area contributed by atoms with Crippen LogP contribution in [0.4, 0.5) is 68.2 Å². The quantitative estimate of drug-likeness (QED) is 0.0956. The summed E-state index contributed by atoms with van der Waals surface area (Å²) in [7, 11) is 0. The Hall–Kier alpha value is -10.9. The minimum Gasteiger partial charge on any atom is -0.310 e. The van der Waals surface area contributed by atoms with E-state index in [1.807, 2.05) is 0 Å². The van der Waals surface area contributed by atoms with Crippen molar-refractivity contribution >= 4 is 101 Å². The van der Waals surface area contributed by atoms with Crippen molar-refractivity contribution < 1.29 is 0 Å². The first-order chi connectivity index (χ1) is 43.2. The van der Waals surface area contributed by atoms with Crippen LogP contribution >= 0.6 is 0 Å². The van der Waals surface area contributed by atoms with E-state index >= 15 is 0 Å². The second-order valence-electron chi connectivity index (χ2n) is 23.4. The zero-order valence-corrected chi connectivity index (χ0v) is 50.3. The summed E-state index contributed by atoms with van der Waals surface area (Å²) in [5.41, 5.74) is 26.3. The lowest BCUT2D eigenvalue weighted by Crippen LogP contribution is -2.12. The number of benzene rings is 13. The molecular formula is C84H68N4. The maximum atomic E-state index is 4.83. The Morgan fingerprint density at radius 3 is 0.932 bits per heavy atom. The Bertz CT molecular complexity index is 4700. The molecule has 13 aromatic rings. The number of anilines is 12. The van der Waals surface area contributed by atoms with Crippen LogP contribution in [0.25, 0.3) is 32.7 Å². The van der Waals surface area contributed by atoms with Crippen LogP contribution in [-0.4, -0.2) is 0 Å². The summed E-state index contributed by atoms with van der Waals surface area (Å²) in [6.45, 7) is 13.4. The molecule has 0 radical (unpaired) electrons. The van der Waals surface area contributed by atoms with Crippen molar-refractivity contribution in [2.24, 2.45) is 0 Å². The minimum atomic E-state index is 0.969. The van der Waals surface area contributed by atoms with Gasteiger partial charge in [0.1, 0.15) is 0 Å². The topological polar surface area (TPSA) is 13.0 Å². The van der Waals surface area contributed by atoms with Gasteiger partial charge in [-0.2, -0.15) is 0 Å². The normalized spacial score (nSPS) is 11.8. The molecule has 4 nitrogen and oxygen atoms in total. The number of hydrogen-bond acceptors (Lipinski definition) is 4. The predicted molar refractivity (Wildman–Crippen MR) is 375 cm³/mol. The molecule has 0 aliphatic heterocycles. The third kappa shape index (κ3) is 11.2. The molecule has 14 rings (SSSR count). The highest BCUT2D eigenvalue weighted by molar-refractivity contribution is 6.01. The fourth-order valence-electron chi connectivity index (χ4n) is 12.4. The first-order valence-electron chi connectivity index (χ1n) is 30.5. The van der Waals surface area contributed by atoms with E-state index in [0.717, 1.165) is 97.8 Å². The smallest absolute Gasteiger partial charge is 0.0540 e. The Balaban J connectivity index is 0.782. The molecule has 0 aromatic heterocycles. The van der Waals surface area contributed by atoms with Crippen LogP contribution in [0.1, 0.15) is 57.3 Å². The molecule has 4 heteroatoms. The summed E-state index contributed by atoms with van der Waals surface area (Å²) in [5.74, 6) is 0. The summed E-state index contributed by atoms with van der Waals surface area (Å²) in [6.07, 6.45) is 2.15. The van der Waals surface area contributed by atoms with Crippen molar-refractivity contribution in [2.75, 3.05) is 19.6 Å². The van der Waals surface area contributed by atoms with Crippen molar-refractivity contribution in [1.29, 1.82) is 0 Å². The van der Waals surface area contributed by atoms with Gasteiger partial charge in [-0.25, -0.2) is 0 Å². The first kappa shape index (κ1) is 55.0. The molecule has 1 fully saturated rings. The maximum absolute atomic E-state index is 4.83. The van der Waals surface area contributed by atoms with Crippen LogP contribution in [-0.2, 0) is 0 Å². The van der Waals surface area contributed by atoms with Crippen molar-refractivity contribution in [3.05, 3.63) is 360 Å². The van der Waals surface area contributed by atoms with Crippen LogP contribution < -0.4 is 19.6 Å². The van der Waals surface area contributed by atoms with Crippen molar-refractivity contribution in [3.8, 4) is 0 Å². The first-order valence-corrected chi connectivity index (χ1v) is 30.5. The third-order valence-corrected chi connectivity index (χ3v) is 17.1. The Labute approximate surface area is 518 Å². The molecule has 0 saturated heterocycles. The van der Waals surface area contributed by atoms with Gasteiger partial charge in [0.25, 0.3) is 0 Å². The van der Waals surface area contributed by atoms with E-state index in [9.17, 15) is 0 Å². The highest BCUT2D eigenvalue weighted by Crippen LogP contribution is 2.47. The molecule has 13 aromatic carbocycles. The summed E-state index contributed by atoms with van der Waals surface area (Å²) in [4.78, 5) is 9.50.